The molecular weight excluding hydrogens is 344 g/mol. The summed E-state index contributed by atoms with van der Waals surface area (Å²) < 4.78 is 6.25. The fourth-order valence-corrected chi connectivity index (χ4v) is 4.28. The molecule has 1 unspecified atom stereocenters. The number of benzene rings is 3. The highest BCUT2D eigenvalue weighted by Gasteiger charge is 2.22. The average Bonchev–Trinajstić information content (AvgIpc) is 3.21. The van der Waals surface area contributed by atoms with Crippen LogP contribution in [0, 0.1) is 0 Å². The van der Waals surface area contributed by atoms with Gasteiger partial charge >= 0.3 is 0 Å². The molecule has 3 heteroatoms. The molecule has 1 aliphatic rings. The fraction of sp³-hybridized carbons (Fsp3) is 0.360. The van der Waals surface area contributed by atoms with E-state index in [1.54, 1.807) is 0 Å². The van der Waals surface area contributed by atoms with Crippen LogP contribution >= 0.6 is 0 Å². The van der Waals surface area contributed by atoms with Gasteiger partial charge in [0.05, 0.1) is 0 Å². The summed E-state index contributed by atoms with van der Waals surface area (Å²) in [6.07, 6.45) is 2.62. The first kappa shape index (κ1) is 19.0. The van der Waals surface area contributed by atoms with E-state index >= 15 is 0 Å². The second kappa shape index (κ2) is 9.22. The number of ether oxygens (including phenoxy) is 1. The van der Waals surface area contributed by atoms with Crippen LogP contribution in [0.2, 0.25) is 0 Å². The van der Waals surface area contributed by atoms with Crippen LogP contribution in [0.15, 0.2) is 66.7 Å². The molecule has 1 fully saturated rings. The normalized spacial score (nSPS) is 17.2. The Morgan fingerprint density at radius 3 is 2.68 bits per heavy atom. The highest BCUT2D eigenvalue weighted by atomic mass is 16.5. The van der Waals surface area contributed by atoms with Gasteiger partial charge < -0.3 is 10.1 Å². The van der Waals surface area contributed by atoms with Crippen molar-refractivity contribution in [3.8, 4) is 5.75 Å². The van der Waals surface area contributed by atoms with Gasteiger partial charge in [0.2, 0.25) is 0 Å². The number of fused-ring (bicyclic) bond motifs is 1. The fourth-order valence-electron chi connectivity index (χ4n) is 4.28. The number of nitrogens with one attached hydrogen (secondary N) is 1. The molecule has 1 heterocycles. The predicted octanol–water partition coefficient (Wildman–Crippen LogP) is 4.99. The van der Waals surface area contributed by atoms with Crippen molar-refractivity contribution >= 4 is 10.8 Å². The highest BCUT2D eigenvalue weighted by Crippen LogP contribution is 2.29. The van der Waals surface area contributed by atoms with E-state index in [9.17, 15) is 0 Å². The van der Waals surface area contributed by atoms with Gasteiger partial charge in [-0.1, -0.05) is 67.6 Å². The average molecular weight is 375 g/mol. The lowest BCUT2D eigenvalue weighted by Gasteiger charge is -2.23. The molecule has 0 saturated carbocycles. The van der Waals surface area contributed by atoms with Gasteiger partial charge in [-0.25, -0.2) is 0 Å². The van der Waals surface area contributed by atoms with Crippen molar-refractivity contribution in [2.45, 2.75) is 39.0 Å². The van der Waals surface area contributed by atoms with Crippen molar-refractivity contribution in [2.75, 3.05) is 19.6 Å². The predicted molar refractivity (Wildman–Crippen MR) is 117 cm³/mol. The largest absolute Gasteiger partial charge is 0.489 e. The lowest BCUT2D eigenvalue weighted by molar-refractivity contribution is 0.259. The molecule has 1 N–H and O–H groups in total. The SMILES string of the molecule is CCN1CCCC1CNCc1c(OCc2ccccc2)ccc2ccccc12. The van der Waals surface area contributed by atoms with Crippen LogP contribution in [0.25, 0.3) is 10.8 Å². The van der Waals surface area contributed by atoms with Crippen molar-refractivity contribution < 1.29 is 4.74 Å². The third-order valence-corrected chi connectivity index (χ3v) is 5.82. The quantitative estimate of drug-likeness (QED) is 0.601. The molecule has 3 aromatic carbocycles. The number of hydrogen-bond acceptors (Lipinski definition) is 3. The molecule has 0 aliphatic carbocycles. The number of rotatable bonds is 8. The first-order valence-corrected chi connectivity index (χ1v) is 10.5. The van der Waals surface area contributed by atoms with E-state index in [1.807, 2.05) is 6.07 Å². The van der Waals surface area contributed by atoms with Crippen molar-refractivity contribution in [3.63, 3.8) is 0 Å². The molecule has 3 nitrogen and oxygen atoms in total. The second-order valence-corrected chi connectivity index (χ2v) is 7.59. The summed E-state index contributed by atoms with van der Waals surface area (Å²) in [7, 11) is 0. The van der Waals surface area contributed by atoms with E-state index in [4.69, 9.17) is 4.74 Å². The van der Waals surface area contributed by atoms with Crippen molar-refractivity contribution in [1.29, 1.82) is 0 Å². The molecule has 0 aromatic heterocycles. The molecule has 1 atom stereocenters. The minimum Gasteiger partial charge on any atom is -0.489 e. The van der Waals surface area contributed by atoms with E-state index in [0.717, 1.165) is 25.4 Å². The zero-order valence-corrected chi connectivity index (χ0v) is 16.7. The van der Waals surface area contributed by atoms with Crippen LogP contribution < -0.4 is 10.1 Å². The molecule has 1 saturated heterocycles. The van der Waals surface area contributed by atoms with Crippen LogP contribution in [0.3, 0.4) is 0 Å². The van der Waals surface area contributed by atoms with Gasteiger partial charge in [-0.15, -0.1) is 0 Å². The zero-order chi connectivity index (χ0) is 19.2. The van der Waals surface area contributed by atoms with Gasteiger partial charge in [0.1, 0.15) is 12.4 Å². The Balaban J connectivity index is 1.50. The Hall–Kier alpha value is -2.36. The summed E-state index contributed by atoms with van der Waals surface area (Å²) in [5.41, 5.74) is 2.45. The molecule has 0 spiro atoms. The smallest absolute Gasteiger partial charge is 0.124 e. The van der Waals surface area contributed by atoms with Crippen LogP contribution in [-0.4, -0.2) is 30.6 Å². The summed E-state index contributed by atoms with van der Waals surface area (Å²) in [6.45, 7) is 7.11. The topological polar surface area (TPSA) is 24.5 Å². The van der Waals surface area contributed by atoms with Gasteiger partial charge in [-0.3, -0.25) is 4.90 Å². The molecule has 4 rings (SSSR count). The standard InChI is InChI=1S/C25H30N2O/c1-2-27-16-8-12-22(27)17-26-18-24-23-13-7-6-11-21(23)14-15-25(24)28-19-20-9-4-3-5-10-20/h3-7,9-11,13-15,22,26H,2,8,12,16-19H2,1H3. The van der Waals surface area contributed by atoms with Gasteiger partial charge in [0.15, 0.2) is 0 Å². The van der Waals surface area contributed by atoms with E-state index in [-0.39, 0.29) is 0 Å². The lowest BCUT2D eigenvalue weighted by Crippen LogP contribution is -2.37. The monoisotopic (exact) mass is 374 g/mol. The number of likely N-dealkylation sites (N-methyl/N-ethyl adjacent to an activating group) is 1. The molecule has 0 amide bonds. The Morgan fingerprint density at radius 2 is 1.82 bits per heavy atom. The van der Waals surface area contributed by atoms with E-state index in [0.29, 0.717) is 12.6 Å². The Morgan fingerprint density at radius 1 is 1.00 bits per heavy atom. The molecule has 0 bridgehead atoms. The molecule has 146 valence electrons. The Labute approximate surface area is 168 Å². The summed E-state index contributed by atoms with van der Waals surface area (Å²) in [5.74, 6) is 0.980. The molecule has 0 radical (unpaired) electrons. The first-order valence-electron chi connectivity index (χ1n) is 10.5. The van der Waals surface area contributed by atoms with Gasteiger partial charge in [-0.05, 0) is 48.3 Å². The number of hydrogen-bond donors (Lipinski definition) is 1. The maximum Gasteiger partial charge on any atom is 0.124 e. The van der Waals surface area contributed by atoms with E-state index in [1.165, 1.54) is 41.3 Å². The van der Waals surface area contributed by atoms with E-state index in [2.05, 4.69) is 77.8 Å². The first-order chi connectivity index (χ1) is 13.8. The summed E-state index contributed by atoms with van der Waals surface area (Å²) in [5, 5.41) is 6.26. The summed E-state index contributed by atoms with van der Waals surface area (Å²) in [6, 6.07) is 23.9. The number of likely N-dealkylation sites (tertiary alicyclic amines) is 1. The van der Waals surface area contributed by atoms with Crippen LogP contribution in [0.5, 0.6) is 5.75 Å². The van der Waals surface area contributed by atoms with Crippen molar-refractivity contribution in [3.05, 3.63) is 77.9 Å². The second-order valence-electron chi connectivity index (χ2n) is 7.59. The van der Waals surface area contributed by atoms with Crippen LogP contribution in [-0.2, 0) is 13.2 Å². The maximum absolute atomic E-state index is 6.25. The molecule has 1 aliphatic heterocycles. The van der Waals surface area contributed by atoms with Crippen molar-refractivity contribution in [1.82, 2.24) is 10.2 Å². The molecular formula is C25H30N2O. The van der Waals surface area contributed by atoms with Gasteiger partial charge in [0, 0.05) is 24.7 Å². The van der Waals surface area contributed by atoms with E-state index < -0.39 is 0 Å². The van der Waals surface area contributed by atoms with Crippen molar-refractivity contribution in [2.24, 2.45) is 0 Å². The Bertz CT molecular complexity index is 893. The van der Waals surface area contributed by atoms with Crippen LogP contribution in [0.1, 0.15) is 30.9 Å². The molecule has 3 aromatic rings. The highest BCUT2D eigenvalue weighted by molar-refractivity contribution is 5.87. The van der Waals surface area contributed by atoms with Gasteiger partial charge in [-0.2, -0.15) is 0 Å². The third-order valence-electron chi connectivity index (χ3n) is 5.82. The lowest BCUT2D eigenvalue weighted by atomic mass is 10.0. The minimum atomic E-state index is 0.596. The van der Waals surface area contributed by atoms with Gasteiger partial charge in [0.25, 0.3) is 0 Å². The summed E-state index contributed by atoms with van der Waals surface area (Å²) >= 11 is 0. The zero-order valence-electron chi connectivity index (χ0n) is 16.7. The Kier molecular flexibility index (Phi) is 6.25. The molecule has 28 heavy (non-hydrogen) atoms. The summed E-state index contributed by atoms with van der Waals surface area (Å²) in [4.78, 5) is 2.59. The number of nitrogens with zero attached hydrogens (tertiary/aromatic N) is 1. The minimum absolute atomic E-state index is 0.596. The van der Waals surface area contributed by atoms with Crippen LogP contribution in [0.4, 0.5) is 0 Å². The third kappa shape index (κ3) is 4.37. The maximum atomic E-state index is 6.25.